The van der Waals surface area contributed by atoms with Crippen LogP contribution >= 0.6 is 0 Å². The summed E-state index contributed by atoms with van der Waals surface area (Å²) in [5.74, 6) is 0.0552. The molecule has 4 nitrogen and oxygen atoms in total. The van der Waals surface area contributed by atoms with Crippen molar-refractivity contribution >= 4 is 5.91 Å². The summed E-state index contributed by atoms with van der Waals surface area (Å²) < 4.78 is 0. The minimum absolute atomic E-state index is 0.0552. The third-order valence-electron chi connectivity index (χ3n) is 3.34. The molecule has 1 amide bonds. The molecule has 0 saturated carbocycles. The van der Waals surface area contributed by atoms with Crippen molar-refractivity contribution in [3.05, 3.63) is 66.0 Å². The van der Waals surface area contributed by atoms with Crippen LogP contribution in [0.25, 0.3) is 0 Å². The smallest absolute Gasteiger partial charge is 0.221 e. The summed E-state index contributed by atoms with van der Waals surface area (Å²) >= 11 is 0. The first-order valence-electron chi connectivity index (χ1n) is 7.19. The lowest BCUT2D eigenvalue weighted by Gasteiger charge is -2.14. The van der Waals surface area contributed by atoms with E-state index in [1.807, 2.05) is 30.3 Å². The van der Waals surface area contributed by atoms with Gasteiger partial charge < -0.3 is 10.6 Å². The number of carbonyl (C=O) groups is 1. The first-order valence-corrected chi connectivity index (χ1v) is 7.19. The molecule has 110 valence electrons. The Balaban J connectivity index is 1.65. The first kappa shape index (κ1) is 15.2. The van der Waals surface area contributed by atoms with Crippen LogP contribution in [0.1, 0.15) is 30.5 Å². The Morgan fingerprint density at radius 3 is 2.57 bits per heavy atom. The number of nitrogens with one attached hydrogen (secondary N) is 2. The van der Waals surface area contributed by atoms with Crippen LogP contribution < -0.4 is 10.6 Å². The molecule has 1 unspecified atom stereocenters. The van der Waals surface area contributed by atoms with Gasteiger partial charge in [0.2, 0.25) is 5.91 Å². The Morgan fingerprint density at radius 1 is 1.14 bits per heavy atom. The number of aromatic nitrogens is 1. The molecule has 0 spiro atoms. The predicted molar refractivity (Wildman–Crippen MR) is 83.6 cm³/mol. The quantitative estimate of drug-likeness (QED) is 0.820. The number of rotatable bonds is 7. The molecule has 1 aromatic carbocycles. The van der Waals surface area contributed by atoms with Crippen molar-refractivity contribution in [1.82, 2.24) is 15.6 Å². The van der Waals surface area contributed by atoms with E-state index in [4.69, 9.17) is 0 Å². The molecule has 0 aliphatic rings. The molecule has 1 aromatic heterocycles. The van der Waals surface area contributed by atoms with E-state index in [1.54, 1.807) is 12.4 Å². The van der Waals surface area contributed by atoms with Gasteiger partial charge in [0.25, 0.3) is 0 Å². The van der Waals surface area contributed by atoms with E-state index in [0.29, 0.717) is 19.5 Å². The Labute approximate surface area is 125 Å². The Bertz CT molecular complexity index is 542. The molecule has 4 heteroatoms. The van der Waals surface area contributed by atoms with Gasteiger partial charge in [0, 0.05) is 37.9 Å². The fourth-order valence-electron chi connectivity index (χ4n) is 2.05. The maximum Gasteiger partial charge on any atom is 0.221 e. The van der Waals surface area contributed by atoms with Crippen LogP contribution in [0, 0.1) is 0 Å². The molecule has 0 aliphatic carbocycles. The summed E-state index contributed by atoms with van der Waals surface area (Å²) in [7, 11) is 0. The standard InChI is InChI=1S/C17H21N3O/c1-14(16-5-3-2-4-6-16)19-12-9-17(21)20-13-15-7-10-18-11-8-15/h2-8,10-11,14,19H,9,12-13H2,1H3,(H,20,21). The number of hydrogen-bond donors (Lipinski definition) is 2. The second-order valence-electron chi connectivity index (χ2n) is 4.97. The Hall–Kier alpha value is -2.20. The largest absolute Gasteiger partial charge is 0.352 e. The van der Waals surface area contributed by atoms with Crippen LogP contribution in [-0.2, 0) is 11.3 Å². The van der Waals surface area contributed by atoms with E-state index in [1.165, 1.54) is 5.56 Å². The van der Waals surface area contributed by atoms with Crippen molar-refractivity contribution < 1.29 is 4.79 Å². The average Bonchev–Trinajstić information content (AvgIpc) is 2.54. The lowest BCUT2D eigenvalue weighted by molar-refractivity contribution is -0.121. The first-order chi connectivity index (χ1) is 10.3. The molecular weight excluding hydrogens is 262 g/mol. The maximum absolute atomic E-state index is 11.8. The maximum atomic E-state index is 11.8. The zero-order chi connectivity index (χ0) is 14.9. The average molecular weight is 283 g/mol. The molecule has 1 atom stereocenters. The molecule has 2 aromatic rings. The molecule has 0 saturated heterocycles. The van der Waals surface area contributed by atoms with Crippen LogP contribution in [0.15, 0.2) is 54.9 Å². The highest BCUT2D eigenvalue weighted by atomic mass is 16.1. The summed E-state index contributed by atoms with van der Waals surface area (Å²) in [5.41, 5.74) is 2.29. The van der Waals surface area contributed by atoms with Gasteiger partial charge in [-0.25, -0.2) is 0 Å². The van der Waals surface area contributed by atoms with Gasteiger partial charge >= 0.3 is 0 Å². The molecule has 1 heterocycles. The molecule has 0 fully saturated rings. The molecule has 2 rings (SSSR count). The van der Waals surface area contributed by atoms with E-state index >= 15 is 0 Å². The summed E-state index contributed by atoms with van der Waals surface area (Å²) in [5, 5.41) is 6.26. The van der Waals surface area contributed by atoms with Crippen LogP contribution in [0.4, 0.5) is 0 Å². The zero-order valence-corrected chi connectivity index (χ0v) is 12.3. The Morgan fingerprint density at radius 2 is 1.86 bits per heavy atom. The number of pyridine rings is 1. The molecule has 0 radical (unpaired) electrons. The number of hydrogen-bond acceptors (Lipinski definition) is 3. The second-order valence-corrected chi connectivity index (χ2v) is 4.97. The van der Waals surface area contributed by atoms with E-state index in [-0.39, 0.29) is 11.9 Å². The van der Waals surface area contributed by atoms with Gasteiger partial charge in [0.1, 0.15) is 0 Å². The lowest BCUT2D eigenvalue weighted by Crippen LogP contribution is -2.28. The van der Waals surface area contributed by atoms with Gasteiger partial charge in [-0.15, -0.1) is 0 Å². The summed E-state index contributed by atoms with van der Waals surface area (Å²) in [4.78, 5) is 15.7. The molecule has 0 bridgehead atoms. The summed E-state index contributed by atoms with van der Waals surface area (Å²) in [6.45, 7) is 3.32. The van der Waals surface area contributed by atoms with Crippen molar-refractivity contribution in [2.45, 2.75) is 25.9 Å². The topological polar surface area (TPSA) is 54.0 Å². The normalized spacial score (nSPS) is 11.9. The van der Waals surface area contributed by atoms with Gasteiger partial charge in [-0.1, -0.05) is 30.3 Å². The number of amides is 1. The fourth-order valence-corrected chi connectivity index (χ4v) is 2.05. The minimum atomic E-state index is 0.0552. The van der Waals surface area contributed by atoms with Crippen molar-refractivity contribution in [3.8, 4) is 0 Å². The van der Waals surface area contributed by atoms with Gasteiger partial charge in [-0.05, 0) is 30.2 Å². The SMILES string of the molecule is CC(NCCC(=O)NCc1ccncc1)c1ccccc1. The molecule has 2 N–H and O–H groups in total. The van der Waals surface area contributed by atoms with Gasteiger partial charge in [0.05, 0.1) is 0 Å². The lowest BCUT2D eigenvalue weighted by atomic mass is 10.1. The highest BCUT2D eigenvalue weighted by Crippen LogP contribution is 2.10. The predicted octanol–water partition coefficient (Wildman–Crippen LogP) is 2.44. The number of benzene rings is 1. The van der Waals surface area contributed by atoms with Crippen LogP contribution in [-0.4, -0.2) is 17.4 Å². The fraction of sp³-hybridized carbons (Fsp3) is 0.294. The molecule has 21 heavy (non-hydrogen) atoms. The third-order valence-corrected chi connectivity index (χ3v) is 3.34. The second kappa shape index (κ2) is 8.17. The van der Waals surface area contributed by atoms with Gasteiger partial charge in [-0.3, -0.25) is 9.78 Å². The van der Waals surface area contributed by atoms with E-state index in [2.05, 4.69) is 34.7 Å². The highest BCUT2D eigenvalue weighted by molar-refractivity contribution is 5.76. The van der Waals surface area contributed by atoms with Gasteiger partial charge in [-0.2, -0.15) is 0 Å². The van der Waals surface area contributed by atoms with Crippen LogP contribution in [0.3, 0.4) is 0 Å². The monoisotopic (exact) mass is 283 g/mol. The van der Waals surface area contributed by atoms with Crippen LogP contribution in [0.5, 0.6) is 0 Å². The van der Waals surface area contributed by atoms with E-state index in [9.17, 15) is 4.79 Å². The van der Waals surface area contributed by atoms with E-state index < -0.39 is 0 Å². The van der Waals surface area contributed by atoms with Gasteiger partial charge in [0.15, 0.2) is 0 Å². The summed E-state index contributed by atoms with van der Waals surface area (Å²) in [6.07, 6.45) is 3.93. The zero-order valence-electron chi connectivity index (χ0n) is 12.3. The van der Waals surface area contributed by atoms with Crippen molar-refractivity contribution in [1.29, 1.82) is 0 Å². The Kier molecular flexibility index (Phi) is 5.91. The third kappa shape index (κ3) is 5.36. The number of nitrogens with zero attached hydrogens (tertiary/aromatic N) is 1. The number of carbonyl (C=O) groups excluding carboxylic acids is 1. The van der Waals surface area contributed by atoms with Crippen molar-refractivity contribution in [2.24, 2.45) is 0 Å². The summed E-state index contributed by atoms with van der Waals surface area (Å²) in [6, 6.07) is 14.3. The molecular formula is C17H21N3O. The van der Waals surface area contributed by atoms with Crippen molar-refractivity contribution in [2.75, 3.05) is 6.54 Å². The van der Waals surface area contributed by atoms with E-state index in [0.717, 1.165) is 5.56 Å². The highest BCUT2D eigenvalue weighted by Gasteiger charge is 2.05. The van der Waals surface area contributed by atoms with Crippen molar-refractivity contribution in [3.63, 3.8) is 0 Å². The molecule has 0 aliphatic heterocycles. The minimum Gasteiger partial charge on any atom is -0.352 e. The van der Waals surface area contributed by atoms with Crippen LogP contribution in [0.2, 0.25) is 0 Å².